The molecule has 1 atom stereocenters. The van der Waals surface area contributed by atoms with Crippen molar-refractivity contribution in [1.82, 2.24) is 0 Å². The predicted octanol–water partition coefficient (Wildman–Crippen LogP) is 5.07. The molecule has 0 spiro atoms. The van der Waals surface area contributed by atoms with Crippen molar-refractivity contribution in [2.45, 2.75) is 84.5 Å². The van der Waals surface area contributed by atoms with Gasteiger partial charge in [0.2, 0.25) is 0 Å². The summed E-state index contributed by atoms with van der Waals surface area (Å²) in [6.07, 6.45) is 3.37. The number of benzene rings is 1. The van der Waals surface area contributed by atoms with E-state index in [1.54, 1.807) is 38.1 Å². The zero-order valence-electron chi connectivity index (χ0n) is 19.6. The number of hydrogen-bond acceptors (Lipinski definition) is 5. The van der Waals surface area contributed by atoms with Crippen LogP contribution in [0.25, 0.3) is 0 Å². The molecular weight excluding hydrogens is 396 g/mol. The lowest BCUT2D eigenvalue weighted by molar-refractivity contribution is -0.148. The molecule has 1 amide bonds. The highest BCUT2D eigenvalue weighted by atomic mass is 16.5. The molecule has 7 nitrogen and oxygen atoms in total. The topological polar surface area (TPSA) is 97.5 Å². The molecular formula is C24H36N2O5. The quantitative estimate of drug-likeness (QED) is 0.578. The number of carbonyl (C=O) groups is 2. The molecule has 0 unspecified atom stereocenters. The second-order valence-corrected chi connectivity index (χ2v) is 9.92. The maximum Gasteiger partial charge on any atom is 0.333 e. The summed E-state index contributed by atoms with van der Waals surface area (Å²) in [5, 5.41) is 17.4. The highest BCUT2D eigenvalue weighted by Gasteiger charge is 2.32. The lowest BCUT2D eigenvalue weighted by Gasteiger charge is -2.35. The van der Waals surface area contributed by atoms with E-state index in [0.717, 1.165) is 31.2 Å². The Morgan fingerprint density at radius 3 is 2.32 bits per heavy atom. The number of nitrogens with zero attached hydrogens (tertiary/aromatic N) is 2. The van der Waals surface area contributed by atoms with Crippen LogP contribution < -0.4 is 4.74 Å². The van der Waals surface area contributed by atoms with Crippen LogP contribution in [0.4, 0.5) is 0 Å². The number of amides is 1. The van der Waals surface area contributed by atoms with Gasteiger partial charge in [0.05, 0.1) is 6.04 Å². The molecule has 0 saturated heterocycles. The van der Waals surface area contributed by atoms with Gasteiger partial charge in [0.25, 0.3) is 0 Å². The third-order valence-corrected chi connectivity index (χ3v) is 6.00. The zero-order valence-corrected chi connectivity index (χ0v) is 19.6. The Balaban J connectivity index is 1.96. The molecule has 1 aliphatic rings. The molecule has 0 aliphatic heterocycles. The van der Waals surface area contributed by atoms with E-state index < -0.39 is 23.6 Å². The van der Waals surface area contributed by atoms with E-state index in [2.05, 4.69) is 31.0 Å². The number of aliphatic carboxylic acids is 1. The van der Waals surface area contributed by atoms with Crippen LogP contribution in [0.1, 0.15) is 65.9 Å². The van der Waals surface area contributed by atoms with E-state index in [1.807, 2.05) is 0 Å². The monoisotopic (exact) mass is 432 g/mol. The summed E-state index contributed by atoms with van der Waals surface area (Å²) in [7, 11) is 1.36. The zero-order chi connectivity index (χ0) is 23.2. The standard InChI is InChI=1S/C24H36N2O5/c1-23(2,3)17-10-12-18(13-11-17)25-26-22(29)24(4,5)31-19-9-7-8-16(14-19)15-20(30-6)21(27)28/h7-9,14,17-18,20H,10-13,15H2,1-6H3,(H,27,28)/t17?,18?,20-/m0/s1. The van der Waals surface area contributed by atoms with Crippen LogP contribution in [0.5, 0.6) is 5.75 Å². The van der Waals surface area contributed by atoms with Gasteiger partial charge in [0.15, 0.2) is 11.7 Å². The lowest BCUT2D eigenvalue weighted by atomic mass is 9.71. The van der Waals surface area contributed by atoms with Crippen molar-refractivity contribution < 1.29 is 24.2 Å². The van der Waals surface area contributed by atoms with Gasteiger partial charge in [-0.15, -0.1) is 5.11 Å². The highest BCUT2D eigenvalue weighted by Crippen LogP contribution is 2.38. The van der Waals surface area contributed by atoms with Gasteiger partial charge in [-0.05, 0) is 68.6 Å². The number of carbonyl (C=O) groups excluding carboxylic acids is 1. The van der Waals surface area contributed by atoms with Gasteiger partial charge in [-0.25, -0.2) is 4.79 Å². The number of rotatable bonds is 8. The van der Waals surface area contributed by atoms with Crippen LogP contribution >= 0.6 is 0 Å². The Morgan fingerprint density at radius 1 is 1.13 bits per heavy atom. The van der Waals surface area contributed by atoms with Gasteiger partial charge in [-0.1, -0.05) is 32.9 Å². The minimum atomic E-state index is -1.18. The minimum Gasteiger partial charge on any atom is -0.479 e. The number of carboxylic acids is 1. The van der Waals surface area contributed by atoms with Crippen molar-refractivity contribution in [2.75, 3.05) is 7.11 Å². The normalized spacial score (nSPS) is 21.1. The smallest absolute Gasteiger partial charge is 0.333 e. The molecule has 0 radical (unpaired) electrons. The molecule has 0 aromatic heterocycles. The van der Waals surface area contributed by atoms with Gasteiger partial charge in [0.1, 0.15) is 5.75 Å². The summed E-state index contributed by atoms with van der Waals surface area (Å²) in [5.41, 5.74) is -0.138. The lowest BCUT2D eigenvalue weighted by Crippen LogP contribution is -2.37. The van der Waals surface area contributed by atoms with E-state index in [4.69, 9.17) is 14.6 Å². The number of carboxylic acid groups (broad SMARTS) is 1. The van der Waals surface area contributed by atoms with Crippen molar-refractivity contribution in [3.05, 3.63) is 29.8 Å². The summed E-state index contributed by atoms with van der Waals surface area (Å²) in [6.45, 7) is 10.1. The van der Waals surface area contributed by atoms with Crippen molar-refractivity contribution >= 4 is 11.9 Å². The van der Waals surface area contributed by atoms with E-state index >= 15 is 0 Å². The first-order valence-corrected chi connectivity index (χ1v) is 10.9. The van der Waals surface area contributed by atoms with E-state index in [1.165, 1.54) is 7.11 Å². The highest BCUT2D eigenvalue weighted by molar-refractivity contribution is 5.85. The van der Waals surface area contributed by atoms with Gasteiger partial charge in [0, 0.05) is 13.5 Å². The molecule has 31 heavy (non-hydrogen) atoms. The van der Waals surface area contributed by atoms with Crippen LogP contribution in [0.15, 0.2) is 34.5 Å². The van der Waals surface area contributed by atoms with Crippen LogP contribution in [0.2, 0.25) is 0 Å². The molecule has 1 fully saturated rings. The van der Waals surface area contributed by atoms with Crippen molar-refractivity contribution in [1.29, 1.82) is 0 Å². The largest absolute Gasteiger partial charge is 0.479 e. The van der Waals surface area contributed by atoms with Crippen molar-refractivity contribution in [3.8, 4) is 5.75 Å². The summed E-state index contributed by atoms with van der Waals surface area (Å²) in [6, 6.07) is 7.09. The van der Waals surface area contributed by atoms with Crippen molar-refractivity contribution in [2.24, 2.45) is 21.6 Å². The minimum absolute atomic E-state index is 0.0867. The predicted molar refractivity (Wildman–Crippen MR) is 118 cm³/mol. The Kier molecular flexibility index (Phi) is 8.34. The Bertz CT molecular complexity index is 789. The summed E-state index contributed by atoms with van der Waals surface area (Å²) < 4.78 is 10.9. The van der Waals surface area contributed by atoms with Crippen LogP contribution in [0, 0.1) is 11.3 Å². The first kappa shape index (κ1) is 25.0. The fraction of sp³-hybridized carbons (Fsp3) is 0.667. The van der Waals surface area contributed by atoms with Crippen LogP contribution in [-0.4, -0.2) is 41.8 Å². The van der Waals surface area contributed by atoms with Crippen LogP contribution in [-0.2, 0) is 20.7 Å². The Hall–Kier alpha value is -2.28. The maximum atomic E-state index is 12.7. The SMILES string of the molecule is CO[C@@H](Cc1cccc(OC(C)(C)C(=O)N=NC2CCC(C(C)(C)C)CC2)c1)C(=O)O. The summed E-state index contributed by atoms with van der Waals surface area (Å²) in [4.78, 5) is 23.8. The molecule has 1 aliphatic carbocycles. The molecule has 1 aromatic carbocycles. The molecule has 1 aromatic rings. The Morgan fingerprint density at radius 2 is 1.77 bits per heavy atom. The van der Waals surface area contributed by atoms with E-state index in [9.17, 15) is 9.59 Å². The Labute approximate surface area is 185 Å². The van der Waals surface area contributed by atoms with Gasteiger partial charge < -0.3 is 14.6 Å². The average Bonchev–Trinajstić information content (AvgIpc) is 2.69. The molecule has 2 rings (SSSR count). The maximum absolute atomic E-state index is 12.7. The molecule has 1 N–H and O–H groups in total. The molecule has 0 bridgehead atoms. The average molecular weight is 433 g/mol. The van der Waals surface area contributed by atoms with E-state index in [-0.39, 0.29) is 12.5 Å². The second-order valence-electron chi connectivity index (χ2n) is 9.92. The molecule has 7 heteroatoms. The summed E-state index contributed by atoms with van der Waals surface area (Å²) >= 11 is 0. The number of ether oxygens (including phenoxy) is 2. The fourth-order valence-corrected chi connectivity index (χ4v) is 3.87. The van der Waals surface area contributed by atoms with Crippen molar-refractivity contribution in [3.63, 3.8) is 0 Å². The van der Waals surface area contributed by atoms with Gasteiger partial charge in [-0.2, -0.15) is 5.11 Å². The number of hydrogen-bond donors (Lipinski definition) is 1. The second kappa shape index (κ2) is 10.4. The first-order chi connectivity index (χ1) is 14.4. The van der Waals surface area contributed by atoms with Gasteiger partial charge >= 0.3 is 11.9 Å². The number of methoxy groups -OCH3 is 1. The molecule has 0 heterocycles. The third kappa shape index (κ3) is 7.42. The van der Waals surface area contributed by atoms with E-state index in [0.29, 0.717) is 17.1 Å². The first-order valence-electron chi connectivity index (χ1n) is 10.9. The molecule has 1 saturated carbocycles. The molecule has 172 valence electrons. The third-order valence-electron chi connectivity index (χ3n) is 6.00. The van der Waals surface area contributed by atoms with Gasteiger partial charge in [-0.3, -0.25) is 4.79 Å². The van der Waals surface area contributed by atoms with Crippen LogP contribution in [0.3, 0.4) is 0 Å². The fourth-order valence-electron chi connectivity index (χ4n) is 3.87. The summed E-state index contributed by atoms with van der Waals surface area (Å²) in [5.74, 6) is -0.310. The number of azo groups is 1.